The van der Waals surface area contributed by atoms with E-state index in [2.05, 4.69) is 9.88 Å². The Hall–Kier alpha value is -2.62. The van der Waals surface area contributed by atoms with Crippen LogP contribution in [-0.4, -0.2) is 66.3 Å². The number of anilines is 1. The smallest absolute Gasteiger partial charge is 0.227 e. The first-order valence-electron chi connectivity index (χ1n) is 15.2. The molecule has 0 bridgehead atoms. The second-order valence-corrected chi connectivity index (χ2v) is 13.0. The number of methoxy groups -OCH3 is 1. The summed E-state index contributed by atoms with van der Waals surface area (Å²) in [5.41, 5.74) is 10.0. The zero-order valence-corrected chi connectivity index (χ0v) is 27.5. The minimum atomic E-state index is -0.349. The fraction of sp³-hybridized carbons (Fsp3) is 0.485. The first kappa shape index (κ1) is 32.8. The third kappa shape index (κ3) is 8.34. The van der Waals surface area contributed by atoms with E-state index in [0.717, 1.165) is 66.9 Å². The molecular formula is C33H40Cl3N5O3. The van der Waals surface area contributed by atoms with E-state index < -0.39 is 0 Å². The third-order valence-electron chi connectivity index (χ3n) is 8.21. The lowest BCUT2D eigenvalue weighted by molar-refractivity contribution is -0.136. The molecule has 8 nitrogen and oxygen atoms in total. The van der Waals surface area contributed by atoms with Crippen molar-refractivity contribution in [1.29, 1.82) is 0 Å². The number of benzene rings is 1. The van der Waals surface area contributed by atoms with Gasteiger partial charge in [-0.15, -0.1) is 0 Å². The second-order valence-electron chi connectivity index (χ2n) is 11.8. The summed E-state index contributed by atoms with van der Waals surface area (Å²) >= 11 is 19.3. The van der Waals surface area contributed by atoms with Crippen molar-refractivity contribution in [1.82, 2.24) is 14.9 Å². The van der Waals surface area contributed by atoms with Crippen LogP contribution < -0.4 is 15.4 Å². The summed E-state index contributed by atoms with van der Waals surface area (Å²) in [7, 11) is 1.69. The number of nitrogens with zero attached hydrogens (tertiary/aromatic N) is 4. The highest BCUT2D eigenvalue weighted by molar-refractivity contribution is 6.37. The van der Waals surface area contributed by atoms with Crippen LogP contribution in [0.1, 0.15) is 48.1 Å². The molecule has 1 aliphatic heterocycles. The van der Waals surface area contributed by atoms with Gasteiger partial charge in [0.15, 0.2) is 5.75 Å². The van der Waals surface area contributed by atoms with E-state index >= 15 is 0 Å². The van der Waals surface area contributed by atoms with Crippen molar-refractivity contribution in [3.05, 3.63) is 80.2 Å². The van der Waals surface area contributed by atoms with Crippen molar-refractivity contribution < 1.29 is 14.3 Å². The number of nitrogens with two attached hydrogens (primary N) is 1. The molecule has 3 heterocycles. The molecule has 2 unspecified atom stereocenters. The average Bonchev–Trinajstić information content (AvgIpc) is 3.74. The average molecular weight is 661 g/mol. The molecule has 2 aromatic heterocycles. The molecule has 1 saturated heterocycles. The van der Waals surface area contributed by atoms with Gasteiger partial charge in [0.2, 0.25) is 5.91 Å². The van der Waals surface area contributed by atoms with Gasteiger partial charge < -0.3 is 25.0 Å². The van der Waals surface area contributed by atoms with Crippen LogP contribution in [0.5, 0.6) is 5.75 Å². The second kappa shape index (κ2) is 15.1. The SMILES string of the molecule is COCCCc1cc(CN(C(=O)C(CN)Cc2ccc(N3CCC(Oc4c(Cl)cc(C)cc4Cl)C3)nc2)C2CC2)c(Cl)cn1. The van der Waals surface area contributed by atoms with Crippen LogP contribution in [0.3, 0.4) is 0 Å². The fourth-order valence-electron chi connectivity index (χ4n) is 5.66. The summed E-state index contributed by atoms with van der Waals surface area (Å²) < 4.78 is 11.3. The van der Waals surface area contributed by atoms with Gasteiger partial charge >= 0.3 is 0 Å². The van der Waals surface area contributed by atoms with Gasteiger partial charge in [0.1, 0.15) is 11.9 Å². The quantitative estimate of drug-likeness (QED) is 0.203. The van der Waals surface area contributed by atoms with Gasteiger partial charge in [-0.2, -0.15) is 0 Å². The number of ether oxygens (including phenoxy) is 2. The van der Waals surface area contributed by atoms with E-state index in [1.54, 1.807) is 13.3 Å². The molecule has 2 aliphatic rings. The van der Waals surface area contributed by atoms with Crippen molar-refractivity contribution >= 4 is 46.5 Å². The molecule has 236 valence electrons. The number of aromatic nitrogens is 2. The fourth-order valence-corrected chi connectivity index (χ4v) is 6.50. The summed E-state index contributed by atoms with van der Waals surface area (Å²) in [6.45, 7) is 4.82. The van der Waals surface area contributed by atoms with E-state index in [1.807, 2.05) is 48.4 Å². The maximum Gasteiger partial charge on any atom is 0.227 e. The summed E-state index contributed by atoms with van der Waals surface area (Å²) in [6.07, 6.45) is 8.50. The number of carbonyl (C=O) groups excluding carboxylic acids is 1. The minimum Gasteiger partial charge on any atom is -0.485 e. The first-order valence-corrected chi connectivity index (χ1v) is 16.3. The van der Waals surface area contributed by atoms with E-state index in [4.69, 9.17) is 55.0 Å². The van der Waals surface area contributed by atoms with Crippen LogP contribution in [0.15, 0.2) is 42.7 Å². The molecular weight excluding hydrogens is 621 g/mol. The number of hydrogen-bond donors (Lipinski definition) is 1. The topological polar surface area (TPSA) is 93.8 Å². The highest BCUT2D eigenvalue weighted by Crippen LogP contribution is 2.36. The lowest BCUT2D eigenvalue weighted by atomic mass is 9.98. The largest absolute Gasteiger partial charge is 0.485 e. The van der Waals surface area contributed by atoms with Crippen LogP contribution in [0, 0.1) is 12.8 Å². The monoisotopic (exact) mass is 659 g/mol. The lowest BCUT2D eigenvalue weighted by Crippen LogP contribution is -2.41. The van der Waals surface area contributed by atoms with Crippen LogP contribution in [0.25, 0.3) is 0 Å². The molecule has 1 aromatic carbocycles. The predicted octanol–water partition coefficient (Wildman–Crippen LogP) is 6.29. The third-order valence-corrected chi connectivity index (χ3v) is 9.11. The van der Waals surface area contributed by atoms with Crippen molar-refractivity contribution in [2.75, 3.05) is 38.3 Å². The Morgan fingerprint density at radius 1 is 1.09 bits per heavy atom. The van der Waals surface area contributed by atoms with Gasteiger partial charge in [-0.25, -0.2) is 4.98 Å². The lowest BCUT2D eigenvalue weighted by Gasteiger charge is -2.28. The number of halogens is 3. The number of pyridine rings is 2. The molecule has 1 amide bonds. The molecule has 11 heteroatoms. The van der Waals surface area contributed by atoms with Gasteiger partial charge in [0.25, 0.3) is 0 Å². The van der Waals surface area contributed by atoms with E-state index in [1.165, 1.54) is 0 Å². The van der Waals surface area contributed by atoms with E-state index in [0.29, 0.717) is 46.9 Å². The molecule has 2 fully saturated rings. The summed E-state index contributed by atoms with van der Waals surface area (Å²) in [4.78, 5) is 27.1. The standard InChI is InChI=1S/C33H40Cl3N5O3/c1-21-12-28(34)32(29(35)13-21)44-27-9-10-40(20-27)31-8-5-22(17-39-31)14-23(16-37)33(42)41(26-6-7-26)19-24-15-25(4-3-11-43-2)38-18-30(24)36/h5,8,12-13,15,17-18,23,26-27H,3-4,6-7,9-11,14,16,19-20,37H2,1-2H3. The predicted molar refractivity (Wildman–Crippen MR) is 176 cm³/mol. The number of carbonyl (C=O) groups is 1. The number of aryl methyl sites for hydroxylation is 2. The Morgan fingerprint density at radius 2 is 1.86 bits per heavy atom. The molecule has 3 aromatic rings. The molecule has 2 atom stereocenters. The first-order chi connectivity index (χ1) is 21.2. The zero-order valence-electron chi connectivity index (χ0n) is 25.3. The van der Waals surface area contributed by atoms with Crippen molar-refractivity contribution in [2.24, 2.45) is 11.7 Å². The highest BCUT2D eigenvalue weighted by atomic mass is 35.5. The minimum absolute atomic E-state index is 0.0443. The van der Waals surface area contributed by atoms with Crippen molar-refractivity contribution in [3.8, 4) is 5.75 Å². The Bertz CT molecular complexity index is 1410. The molecule has 0 spiro atoms. The number of amides is 1. The van der Waals surface area contributed by atoms with E-state index in [-0.39, 0.29) is 30.5 Å². The summed E-state index contributed by atoms with van der Waals surface area (Å²) in [5, 5.41) is 1.61. The Kier molecular flexibility index (Phi) is 11.3. The van der Waals surface area contributed by atoms with Gasteiger partial charge in [-0.05, 0) is 80.0 Å². The molecule has 1 aliphatic carbocycles. The maximum absolute atomic E-state index is 13.8. The highest BCUT2D eigenvalue weighted by Gasteiger charge is 2.36. The summed E-state index contributed by atoms with van der Waals surface area (Å²) in [5.74, 6) is 1.10. The van der Waals surface area contributed by atoms with E-state index in [9.17, 15) is 4.79 Å². The van der Waals surface area contributed by atoms with Gasteiger partial charge in [0, 0.05) is 63.9 Å². The van der Waals surface area contributed by atoms with Gasteiger partial charge in [-0.3, -0.25) is 9.78 Å². The van der Waals surface area contributed by atoms with Crippen LogP contribution >= 0.6 is 34.8 Å². The molecule has 5 rings (SSSR count). The van der Waals surface area contributed by atoms with Crippen molar-refractivity contribution in [2.45, 2.75) is 64.1 Å². The van der Waals surface area contributed by atoms with Crippen LogP contribution in [0.2, 0.25) is 15.1 Å². The maximum atomic E-state index is 13.8. The van der Waals surface area contributed by atoms with Crippen LogP contribution in [-0.2, 0) is 28.9 Å². The zero-order chi connectivity index (χ0) is 31.2. The number of rotatable bonds is 14. The normalized spacial score (nSPS) is 17.1. The van der Waals surface area contributed by atoms with Crippen LogP contribution in [0.4, 0.5) is 5.82 Å². The molecule has 1 saturated carbocycles. The summed E-state index contributed by atoms with van der Waals surface area (Å²) in [6, 6.07) is 9.98. The Labute approximate surface area is 274 Å². The molecule has 0 radical (unpaired) electrons. The van der Waals surface area contributed by atoms with Crippen molar-refractivity contribution in [3.63, 3.8) is 0 Å². The number of hydrogen-bond acceptors (Lipinski definition) is 7. The van der Waals surface area contributed by atoms with Gasteiger partial charge in [-0.1, -0.05) is 40.9 Å². The van der Waals surface area contributed by atoms with Gasteiger partial charge in [0.05, 0.1) is 27.5 Å². The molecule has 2 N–H and O–H groups in total. The Balaban J connectivity index is 1.19. The molecule has 44 heavy (non-hydrogen) atoms. The Morgan fingerprint density at radius 3 is 2.52 bits per heavy atom.